The predicted molar refractivity (Wildman–Crippen MR) is 124 cm³/mol. The molecule has 0 spiro atoms. The molecule has 1 aromatic carbocycles. The molecule has 2 aliphatic heterocycles. The first kappa shape index (κ1) is 20.4. The molecule has 1 atom stereocenters. The maximum Gasteiger partial charge on any atom is 0.238 e. The SMILES string of the molecule is O=[S@@]1COc2nc(N3CCC(c4ccc5c(c4)CCC5)CC3)nc(NC3(CO)CCC3)c21. The van der Waals surface area contributed by atoms with Crippen LogP contribution in [0.15, 0.2) is 23.1 Å². The number of nitrogens with one attached hydrogen (secondary N) is 1. The molecule has 3 heterocycles. The molecule has 170 valence electrons. The van der Waals surface area contributed by atoms with Gasteiger partial charge in [0, 0.05) is 13.1 Å². The van der Waals surface area contributed by atoms with Crippen LogP contribution in [0.1, 0.15) is 61.1 Å². The summed E-state index contributed by atoms with van der Waals surface area (Å²) in [5.74, 6) is 2.30. The number of nitrogens with zero attached hydrogens (tertiary/aromatic N) is 3. The van der Waals surface area contributed by atoms with E-state index in [0.717, 1.165) is 45.2 Å². The summed E-state index contributed by atoms with van der Waals surface area (Å²) < 4.78 is 18.2. The van der Waals surface area contributed by atoms with Crippen molar-refractivity contribution in [1.29, 1.82) is 0 Å². The fourth-order valence-corrected chi connectivity index (χ4v) is 6.50. The molecule has 1 saturated carbocycles. The fraction of sp³-hybridized carbons (Fsp3) is 0.583. The highest BCUT2D eigenvalue weighted by Crippen LogP contribution is 2.41. The minimum absolute atomic E-state index is 0.0424. The minimum atomic E-state index is -1.28. The van der Waals surface area contributed by atoms with Crippen LogP contribution in [0.4, 0.5) is 11.8 Å². The number of aryl methyl sites for hydroxylation is 2. The van der Waals surface area contributed by atoms with Crippen molar-refractivity contribution in [2.24, 2.45) is 0 Å². The van der Waals surface area contributed by atoms with Crippen LogP contribution in [0.2, 0.25) is 0 Å². The zero-order valence-electron chi connectivity index (χ0n) is 18.3. The molecule has 1 saturated heterocycles. The predicted octanol–water partition coefficient (Wildman–Crippen LogP) is 3.13. The lowest BCUT2D eigenvalue weighted by Crippen LogP contribution is -2.48. The molecule has 2 fully saturated rings. The van der Waals surface area contributed by atoms with Crippen LogP contribution in [-0.2, 0) is 23.6 Å². The third-order valence-corrected chi connectivity index (χ3v) is 8.88. The van der Waals surface area contributed by atoms with Crippen molar-refractivity contribution in [3.05, 3.63) is 34.9 Å². The third-order valence-electron chi connectivity index (χ3n) is 7.72. The standard InChI is InChI=1S/C24H30N4O3S/c29-14-24(9-2-10-24)27-21-20-22(31-15-32(20)30)26-23(25-21)28-11-7-17(8-12-28)19-6-5-16-3-1-4-18(16)13-19/h5-6,13,17,29H,1-4,7-12,14-15H2,(H,25,26,27)/t32-/m1/s1. The highest BCUT2D eigenvalue weighted by molar-refractivity contribution is 7.85. The second-order valence-electron chi connectivity index (χ2n) is 9.67. The molecule has 6 rings (SSSR count). The molecule has 2 N–H and O–H groups in total. The van der Waals surface area contributed by atoms with E-state index in [1.54, 1.807) is 5.56 Å². The Balaban J connectivity index is 1.22. The lowest BCUT2D eigenvalue weighted by molar-refractivity contribution is 0.143. The van der Waals surface area contributed by atoms with E-state index in [2.05, 4.69) is 33.4 Å². The Labute approximate surface area is 191 Å². The summed E-state index contributed by atoms with van der Waals surface area (Å²) in [5, 5.41) is 13.3. The summed E-state index contributed by atoms with van der Waals surface area (Å²) in [6.45, 7) is 1.81. The Bertz CT molecular complexity index is 1060. The van der Waals surface area contributed by atoms with Crippen molar-refractivity contribution in [2.45, 2.75) is 67.7 Å². The largest absolute Gasteiger partial charge is 0.463 e. The molecule has 0 radical (unpaired) electrons. The van der Waals surface area contributed by atoms with Gasteiger partial charge in [-0.1, -0.05) is 18.2 Å². The minimum Gasteiger partial charge on any atom is -0.463 e. The zero-order valence-corrected chi connectivity index (χ0v) is 19.1. The van der Waals surface area contributed by atoms with E-state index >= 15 is 0 Å². The van der Waals surface area contributed by atoms with Gasteiger partial charge in [-0.15, -0.1) is 0 Å². The number of aliphatic hydroxyl groups excluding tert-OH is 1. The third kappa shape index (κ3) is 3.48. The van der Waals surface area contributed by atoms with E-state index in [4.69, 9.17) is 9.72 Å². The smallest absolute Gasteiger partial charge is 0.238 e. The van der Waals surface area contributed by atoms with Crippen LogP contribution in [0.3, 0.4) is 0 Å². The summed E-state index contributed by atoms with van der Waals surface area (Å²) in [5.41, 5.74) is 4.17. The molecular formula is C24H30N4O3S. The number of benzene rings is 1. The van der Waals surface area contributed by atoms with Gasteiger partial charge in [-0.3, -0.25) is 4.21 Å². The number of hydrogen-bond donors (Lipinski definition) is 2. The maximum absolute atomic E-state index is 12.5. The van der Waals surface area contributed by atoms with Crippen molar-refractivity contribution < 1.29 is 14.1 Å². The van der Waals surface area contributed by atoms with Crippen molar-refractivity contribution >= 4 is 22.6 Å². The Morgan fingerprint density at radius 2 is 1.97 bits per heavy atom. The van der Waals surface area contributed by atoms with Gasteiger partial charge < -0.3 is 20.1 Å². The molecule has 0 unspecified atom stereocenters. The van der Waals surface area contributed by atoms with E-state index in [1.165, 1.54) is 30.4 Å². The normalized spacial score (nSPS) is 23.9. The summed E-state index contributed by atoms with van der Waals surface area (Å²) >= 11 is 0. The number of piperidine rings is 1. The Hall–Kier alpha value is -2.19. The molecule has 4 aliphatic rings. The average molecular weight is 455 g/mol. The molecule has 0 amide bonds. The highest BCUT2D eigenvalue weighted by atomic mass is 32.2. The van der Waals surface area contributed by atoms with Crippen molar-refractivity contribution in [2.75, 3.05) is 35.9 Å². The first-order valence-corrected chi connectivity index (χ1v) is 13.1. The van der Waals surface area contributed by atoms with Gasteiger partial charge in [0.15, 0.2) is 11.8 Å². The number of anilines is 2. The molecule has 2 aromatic rings. The lowest BCUT2D eigenvalue weighted by atomic mass is 9.77. The van der Waals surface area contributed by atoms with Crippen LogP contribution < -0.4 is 15.0 Å². The first-order chi connectivity index (χ1) is 15.6. The van der Waals surface area contributed by atoms with E-state index in [-0.39, 0.29) is 18.1 Å². The van der Waals surface area contributed by atoms with E-state index in [1.807, 2.05) is 0 Å². The number of rotatable bonds is 5. The Morgan fingerprint density at radius 1 is 1.16 bits per heavy atom. The molecule has 0 bridgehead atoms. The van der Waals surface area contributed by atoms with Crippen LogP contribution in [0, 0.1) is 0 Å². The Morgan fingerprint density at radius 3 is 2.72 bits per heavy atom. The van der Waals surface area contributed by atoms with Gasteiger partial charge in [0.2, 0.25) is 11.8 Å². The summed E-state index contributed by atoms with van der Waals surface area (Å²) in [6.07, 6.45) is 8.71. The maximum atomic E-state index is 12.5. The number of hydrogen-bond acceptors (Lipinski definition) is 7. The van der Waals surface area contributed by atoms with Gasteiger partial charge >= 0.3 is 0 Å². The number of aliphatic hydroxyl groups is 1. The fourth-order valence-electron chi connectivity index (χ4n) is 5.55. The van der Waals surface area contributed by atoms with Crippen molar-refractivity contribution in [3.8, 4) is 5.88 Å². The first-order valence-electron chi connectivity index (χ1n) is 11.8. The van der Waals surface area contributed by atoms with Crippen LogP contribution in [0.25, 0.3) is 0 Å². The van der Waals surface area contributed by atoms with Gasteiger partial charge in [-0.25, -0.2) is 0 Å². The summed E-state index contributed by atoms with van der Waals surface area (Å²) in [7, 11) is -1.28. The topological polar surface area (TPSA) is 87.6 Å². The van der Waals surface area contributed by atoms with E-state index < -0.39 is 10.8 Å². The monoisotopic (exact) mass is 454 g/mol. The number of aromatic nitrogens is 2. The average Bonchev–Trinajstić information content (AvgIpc) is 3.42. The van der Waals surface area contributed by atoms with Gasteiger partial charge in [0.1, 0.15) is 15.7 Å². The highest BCUT2D eigenvalue weighted by Gasteiger charge is 2.39. The van der Waals surface area contributed by atoms with Gasteiger partial charge in [0.25, 0.3) is 0 Å². The molecule has 8 heteroatoms. The Kier molecular flexibility index (Phi) is 5.10. The molecular weight excluding hydrogens is 424 g/mol. The second kappa shape index (κ2) is 7.99. The summed E-state index contributed by atoms with van der Waals surface area (Å²) in [4.78, 5) is 12.2. The number of ether oxygens (including phenoxy) is 1. The molecule has 2 aliphatic carbocycles. The van der Waals surface area contributed by atoms with Crippen molar-refractivity contribution in [3.63, 3.8) is 0 Å². The van der Waals surface area contributed by atoms with E-state index in [9.17, 15) is 9.32 Å². The zero-order chi connectivity index (χ0) is 21.7. The summed E-state index contributed by atoms with van der Waals surface area (Å²) in [6, 6.07) is 7.10. The molecule has 1 aromatic heterocycles. The van der Waals surface area contributed by atoms with Gasteiger partial charge in [-0.05, 0) is 74.0 Å². The quantitative estimate of drug-likeness (QED) is 0.718. The van der Waals surface area contributed by atoms with Gasteiger partial charge in [0.05, 0.1) is 12.1 Å². The van der Waals surface area contributed by atoms with Gasteiger partial charge in [-0.2, -0.15) is 9.97 Å². The van der Waals surface area contributed by atoms with Crippen LogP contribution >= 0.6 is 0 Å². The molecule has 7 nitrogen and oxygen atoms in total. The number of fused-ring (bicyclic) bond motifs is 2. The van der Waals surface area contributed by atoms with E-state index in [0.29, 0.717) is 28.5 Å². The molecule has 32 heavy (non-hydrogen) atoms. The van der Waals surface area contributed by atoms with Crippen LogP contribution in [0.5, 0.6) is 5.88 Å². The second-order valence-corrected chi connectivity index (χ2v) is 11.0. The van der Waals surface area contributed by atoms with Crippen molar-refractivity contribution in [1.82, 2.24) is 9.97 Å². The lowest BCUT2D eigenvalue weighted by Gasteiger charge is -2.41. The van der Waals surface area contributed by atoms with Crippen LogP contribution in [-0.4, -0.2) is 50.5 Å².